The van der Waals surface area contributed by atoms with Crippen molar-refractivity contribution in [3.63, 3.8) is 0 Å². The normalized spacial score (nSPS) is 11.5. The summed E-state index contributed by atoms with van der Waals surface area (Å²) in [6.07, 6.45) is 7.59. The van der Waals surface area contributed by atoms with Crippen molar-refractivity contribution in [2.45, 2.75) is 5.92 Å². The molecular weight excluding hydrogens is 190 g/mol. The van der Waals surface area contributed by atoms with E-state index in [0.29, 0.717) is 5.92 Å². The minimum atomic E-state index is 0.317. The van der Waals surface area contributed by atoms with Gasteiger partial charge in [0, 0.05) is 24.9 Å². The number of aromatic amines is 2. The zero-order chi connectivity index (χ0) is 10.7. The van der Waals surface area contributed by atoms with Crippen LogP contribution >= 0.6 is 0 Å². The highest BCUT2D eigenvalue weighted by Crippen LogP contribution is 2.23. The van der Waals surface area contributed by atoms with E-state index in [0.717, 1.165) is 6.54 Å². The molecule has 0 fully saturated rings. The van der Waals surface area contributed by atoms with Crippen LogP contribution in [0.25, 0.3) is 0 Å². The van der Waals surface area contributed by atoms with E-state index in [1.165, 1.54) is 11.1 Å². The second-order valence-corrected chi connectivity index (χ2v) is 3.88. The Balaban J connectivity index is 2.25. The minimum Gasteiger partial charge on any atom is -0.308 e. The topological polar surface area (TPSA) is 60.6 Å². The number of nitrogens with zero attached hydrogens (tertiary/aromatic N) is 3. The van der Waals surface area contributed by atoms with Crippen molar-refractivity contribution < 1.29 is 0 Å². The number of likely N-dealkylation sites (N-methyl/N-ethyl adjacent to an activating group) is 1. The molecular formula is C10H15N5. The summed E-state index contributed by atoms with van der Waals surface area (Å²) in [6.45, 7) is 0.944. The third-order valence-corrected chi connectivity index (χ3v) is 2.39. The second kappa shape index (κ2) is 4.27. The van der Waals surface area contributed by atoms with Crippen LogP contribution in [0.5, 0.6) is 0 Å². The molecule has 2 aromatic rings. The minimum absolute atomic E-state index is 0.317. The van der Waals surface area contributed by atoms with E-state index in [2.05, 4.69) is 39.4 Å². The van der Waals surface area contributed by atoms with E-state index in [4.69, 9.17) is 0 Å². The highest BCUT2D eigenvalue weighted by molar-refractivity contribution is 5.26. The summed E-state index contributed by atoms with van der Waals surface area (Å²) in [5.41, 5.74) is 2.37. The SMILES string of the molecule is CN(C)CC(c1cn[nH]c1)c1cn[nH]c1. The van der Waals surface area contributed by atoms with Crippen molar-refractivity contribution in [1.82, 2.24) is 25.3 Å². The fourth-order valence-corrected chi connectivity index (χ4v) is 1.67. The van der Waals surface area contributed by atoms with Gasteiger partial charge in [0.25, 0.3) is 0 Å². The zero-order valence-electron chi connectivity index (χ0n) is 8.94. The smallest absolute Gasteiger partial charge is 0.0525 e. The van der Waals surface area contributed by atoms with Gasteiger partial charge in [-0.2, -0.15) is 10.2 Å². The van der Waals surface area contributed by atoms with Gasteiger partial charge in [0.05, 0.1) is 12.4 Å². The molecule has 2 rings (SSSR count). The van der Waals surface area contributed by atoms with Crippen LogP contribution in [-0.2, 0) is 0 Å². The quantitative estimate of drug-likeness (QED) is 0.777. The standard InChI is InChI=1S/C10H15N5/c1-15(2)7-10(8-3-11-12-4-8)9-5-13-14-6-9/h3-6,10H,7H2,1-2H3,(H,11,12)(H,13,14). The summed E-state index contributed by atoms with van der Waals surface area (Å²) in [5, 5.41) is 13.7. The van der Waals surface area contributed by atoms with Gasteiger partial charge in [-0.05, 0) is 25.2 Å². The van der Waals surface area contributed by atoms with E-state index < -0.39 is 0 Å². The van der Waals surface area contributed by atoms with Gasteiger partial charge in [0.15, 0.2) is 0 Å². The molecule has 15 heavy (non-hydrogen) atoms. The first-order valence-corrected chi connectivity index (χ1v) is 4.89. The lowest BCUT2D eigenvalue weighted by atomic mass is 9.96. The van der Waals surface area contributed by atoms with Crippen LogP contribution < -0.4 is 0 Å². The van der Waals surface area contributed by atoms with Gasteiger partial charge in [0.2, 0.25) is 0 Å². The maximum Gasteiger partial charge on any atom is 0.0525 e. The van der Waals surface area contributed by atoms with Crippen LogP contribution in [0, 0.1) is 0 Å². The number of hydrogen-bond acceptors (Lipinski definition) is 3. The molecule has 2 aromatic heterocycles. The second-order valence-electron chi connectivity index (χ2n) is 3.88. The molecule has 0 aliphatic carbocycles. The summed E-state index contributed by atoms with van der Waals surface area (Å²) < 4.78 is 0. The molecule has 0 aliphatic heterocycles. The fourth-order valence-electron chi connectivity index (χ4n) is 1.67. The molecule has 0 amide bonds. The van der Waals surface area contributed by atoms with Crippen molar-refractivity contribution in [3.05, 3.63) is 35.9 Å². The first kappa shape index (κ1) is 9.92. The number of rotatable bonds is 4. The summed E-state index contributed by atoms with van der Waals surface area (Å²) in [5.74, 6) is 0.317. The number of hydrogen-bond donors (Lipinski definition) is 2. The largest absolute Gasteiger partial charge is 0.308 e. The molecule has 0 aromatic carbocycles. The van der Waals surface area contributed by atoms with Crippen LogP contribution in [0.15, 0.2) is 24.8 Å². The average molecular weight is 205 g/mol. The van der Waals surface area contributed by atoms with Crippen LogP contribution in [0.2, 0.25) is 0 Å². The van der Waals surface area contributed by atoms with Crippen molar-refractivity contribution in [2.24, 2.45) is 0 Å². The van der Waals surface area contributed by atoms with Gasteiger partial charge in [-0.1, -0.05) is 0 Å². The number of nitrogens with one attached hydrogen (secondary N) is 2. The van der Waals surface area contributed by atoms with Gasteiger partial charge >= 0.3 is 0 Å². The van der Waals surface area contributed by atoms with Crippen LogP contribution in [0.1, 0.15) is 17.0 Å². The lowest BCUT2D eigenvalue weighted by Crippen LogP contribution is -2.20. The number of H-pyrrole nitrogens is 2. The Morgan fingerprint density at radius 3 is 2.00 bits per heavy atom. The predicted molar refractivity (Wildman–Crippen MR) is 57.6 cm³/mol. The molecule has 0 aliphatic rings. The molecule has 5 nitrogen and oxygen atoms in total. The zero-order valence-corrected chi connectivity index (χ0v) is 8.94. The van der Waals surface area contributed by atoms with Gasteiger partial charge in [-0.3, -0.25) is 10.2 Å². The molecule has 0 bridgehead atoms. The lowest BCUT2D eigenvalue weighted by Gasteiger charge is -2.18. The van der Waals surface area contributed by atoms with E-state index in [-0.39, 0.29) is 0 Å². The number of aromatic nitrogens is 4. The van der Waals surface area contributed by atoms with Crippen molar-refractivity contribution in [1.29, 1.82) is 0 Å². The molecule has 0 unspecified atom stereocenters. The summed E-state index contributed by atoms with van der Waals surface area (Å²) in [7, 11) is 4.13. The lowest BCUT2D eigenvalue weighted by molar-refractivity contribution is 0.392. The third kappa shape index (κ3) is 2.24. The maximum absolute atomic E-state index is 3.99. The first-order chi connectivity index (χ1) is 7.27. The summed E-state index contributed by atoms with van der Waals surface area (Å²) >= 11 is 0. The molecule has 0 spiro atoms. The Bertz CT molecular complexity index is 342. The predicted octanol–water partition coefficient (Wildman–Crippen LogP) is 0.826. The maximum atomic E-state index is 3.99. The first-order valence-electron chi connectivity index (χ1n) is 4.89. The average Bonchev–Trinajstić information content (AvgIpc) is 2.87. The molecule has 0 atom stereocenters. The highest BCUT2D eigenvalue weighted by Gasteiger charge is 2.16. The molecule has 0 radical (unpaired) electrons. The Morgan fingerprint density at radius 2 is 1.67 bits per heavy atom. The van der Waals surface area contributed by atoms with Crippen molar-refractivity contribution >= 4 is 0 Å². The molecule has 0 saturated heterocycles. The van der Waals surface area contributed by atoms with E-state index in [1.54, 1.807) is 0 Å². The third-order valence-electron chi connectivity index (χ3n) is 2.39. The van der Waals surface area contributed by atoms with Crippen LogP contribution in [0.3, 0.4) is 0 Å². The highest BCUT2D eigenvalue weighted by atomic mass is 15.1. The molecule has 80 valence electrons. The molecule has 2 heterocycles. The Morgan fingerprint density at radius 1 is 1.13 bits per heavy atom. The van der Waals surface area contributed by atoms with Crippen LogP contribution in [-0.4, -0.2) is 45.9 Å². The Hall–Kier alpha value is -1.62. The van der Waals surface area contributed by atoms with E-state index in [9.17, 15) is 0 Å². The van der Waals surface area contributed by atoms with Gasteiger partial charge in [-0.25, -0.2) is 0 Å². The Kier molecular flexibility index (Phi) is 2.82. The van der Waals surface area contributed by atoms with E-state index in [1.807, 2.05) is 24.8 Å². The summed E-state index contributed by atoms with van der Waals surface area (Å²) in [6, 6.07) is 0. The van der Waals surface area contributed by atoms with Crippen molar-refractivity contribution in [2.75, 3.05) is 20.6 Å². The van der Waals surface area contributed by atoms with E-state index >= 15 is 0 Å². The fraction of sp³-hybridized carbons (Fsp3) is 0.400. The molecule has 0 saturated carbocycles. The summed E-state index contributed by atoms with van der Waals surface area (Å²) in [4.78, 5) is 2.16. The molecule has 5 heteroatoms. The van der Waals surface area contributed by atoms with Crippen LogP contribution in [0.4, 0.5) is 0 Å². The Labute approximate surface area is 88.5 Å². The van der Waals surface area contributed by atoms with Gasteiger partial charge < -0.3 is 4.90 Å². The van der Waals surface area contributed by atoms with Gasteiger partial charge in [0.1, 0.15) is 0 Å². The van der Waals surface area contributed by atoms with Gasteiger partial charge in [-0.15, -0.1) is 0 Å². The van der Waals surface area contributed by atoms with Crippen molar-refractivity contribution in [3.8, 4) is 0 Å². The monoisotopic (exact) mass is 205 g/mol. The molecule has 2 N–H and O–H groups in total.